The molecule has 1 unspecified atom stereocenters. The fourth-order valence-corrected chi connectivity index (χ4v) is 2.68. The number of esters is 1. The van der Waals surface area contributed by atoms with Gasteiger partial charge in [0.2, 0.25) is 0 Å². The summed E-state index contributed by atoms with van der Waals surface area (Å²) in [6.07, 6.45) is 0.548. The molecule has 1 aromatic rings. The monoisotopic (exact) mass is 298 g/mol. The molecular formula is C13H18N2O4S. The van der Waals surface area contributed by atoms with E-state index >= 15 is 0 Å². The second kappa shape index (κ2) is 8.55. The predicted molar refractivity (Wildman–Crippen MR) is 77.9 cm³/mol. The second-order valence-corrected chi connectivity index (χ2v) is 5.09. The van der Waals surface area contributed by atoms with Gasteiger partial charge in [0.05, 0.1) is 16.4 Å². The maximum atomic E-state index is 11.6. The van der Waals surface area contributed by atoms with E-state index in [4.69, 9.17) is 4.74 Å². The van der Waals surface area contributed by atoms with Crippen LogP contribution < -0.4 is 5.32 Å². The maximum absolute atomic E-state index is 11.6. The van der Waals surface area contributed by atoms with Crippen molar-refractivity contribution >= 4 is 23.4 Å². The van der Waals surface area contributed by atoms with Gasteiger partial charge in [0, 0.05) is 11.8 Å². The summed E-state index contributed by atoms with van der Waals surface area (Å²) in [6.45, 7) is 2.10. The Kier molecular flexibility index (Phi) is 7.03. The largest absolute Gasteiger partial charge is 0.465 e. The van der Waals surface area contributed by atoms with Gasteiger partial charge in [-0.1, -0.05) is 12.1 Å². The highest BCUT2D eigenvalue weighted by molar-refractivity contribution is 7.99. The first-order chi connectivity index (χ1) is 9.60. The molecule has 0 spiro atoms. The van der Waals surface area contributed by atoms with Gasteiger partial charge in [-0.05, 0) is 26.5 Å². The lowest BCUT2D eigenvalue weighted by Gasteiger charge is -2.14. The summed E-state index contributed by atoms with van der Waals surface area (Å²) in [5, 5.41) is 13.8. The third-order valence-electron chi connectivity index (χ3n) is 2.65. The van der Waals surface area contributed by atoms with Gasteiger partial charge in [-0.3, -0.25) is 14.9 Å². The fourth-order valence-electron chi connectivity index (χ4n) is 1.64. The Morgan fingerprint density at radius 1 is 1.50 bits per heavy atom. The molecule has 1 aromatic carbocycles. The van der Waals surface area contributed by atoms with Crippen molar-refractivity contribution in [3.05, 3.63) is 34.4 Å². The standard InChI is InChI=1S/C13H18N2O4S/c1-3-19-13(16)10(14-2)8-9-20-12-7-5-4-6-11(12)15(17)18/h4-7,10,14H,3,8-9H2,1-2H3. The lowest BCUT2D eigenvalue weighted by Crippen LogP contribution is -2.36. The number of thioether (sulfide) groups is 1. The topological polar surface area (TPSA) is 81.5 Å². The number of carbonyl (C=O) groups is 1. The number of likely N-dealkylation sites (N-methyl/N-ethyl adjacent to an activating group) is 1. The molecule has 110 valence electrons. The Labute approximate surface area is 122 Å². The van der Waals surface area contributed by atoms with Crippen molar-refractivity contribution in [2.75, 3.05) is 19.4 Å². The first-order valence-corrected chi connectivity index (χ1v) is 7.28. The van der Waals surface area contributed by atoms with Gasteiger partial charge in [0.25, 0.3) is 5.69 Å². The van der Waals surface area contributed by atoms with Crippen molar-refractivity contribution in [1.82, 2.24) is 5.32 Å². The highest BCUT2D eigenvalue weighted by Gasteiger charge is 2.18. The van der Waals surface area contributed by atoms with Gasteiger partial charge < -0.3 is 10.1 Å². The van der Waals surface area contributed by atoms with Crippen LogP contribution in [0.15, 0.2) is 29.2 Å². The number of hydrogen-bond acceptors (Lipinski definition) is 6. The Hall–Kier alpha value is -1.60. The number of ether oxygens (including phenoxy) is 1. The van der Waals surface area contributed by atoms with Crippen molar-refractivity contribution in [3.8, 4) is 0 Å². The van der Waals surface area contributed by atoms with Crippen LogP contribution in [0.1, 0.15) is 13.3 Å². The van der Waals surface area contributed by atoms with E-state index in [0.717, 1.165) is 0 Å². The highest BCUT2D eigenvalue weighted by Crippen LogP contribution is 2.29. The smallest absolute Gasteiger partial charge is 0.323 e. The number of carbonyl (C=O) groups excluding carboxylic acids is 1. The third kappa shape index (κ3) is 4.82. The van der Waals surface area contributed by atoms with E-state index in [-0.39, 0.29) is 17.7 Å². The normalized spacial score (nSPS) is 11.9. The number of hydrogen-bond donors (Lipinski definition) is 1. The van der Waals surface area contributed by atoms with E-state index < -0.39 is 4.92 Å². The van der Waals surface area contributed by atoms with Crippen LogP contribution in [-0.2, 0) is 9.53 Å². The van der Waals surface area contributed by atoms with Gasteiger partial charge in [-0.25, -0.2) is 0 Å². The van der Waals surface area contributed by atoms with Gasteiger partial charge in [0.1, 0.15) is 6.04 Å². The lowest BCUT2D eigenvalue weighted by molar-refractivity contribution is -0.387. The molecule has 7 heteroatoms. The molecule has 20 heavy (non-hydrogen) atoms. The van der Waals surface area contributed by atoms with E-state index in [9.17, 15) is 14.9 Å². The maximum Gasteiger partial charge on any atom is 0.323 e. The van der Waals surface area contributed by atoms with E-state index in [0.29, 0.717) is 23.7 Å². The van der Waals surface area contributed by atoms with E-state index in [2.05, 4.69) is 5.32 Å². The van der Waals surface area contributed by atoms with Crippen molar-refractivity contribution in [2.24, 2.45) is 0 Å². The molecule has 0 aromatic heterocycles. The molecule has 0 radical (unpaired) electrons. The molecule has 1 N–H and O–H groups in total. The van der Waals surface area contributed by atoms with Crippen LogP contribution in [0.25, 0.3) is 0 Å². The molecule has 0 fully saturated rings. The van der Waals surface area contributed by atoms with E-state index in [1.165, 1.54) is 17.8 Å². The van der Waals surface area contributed by atoms with Crippen molar-refractivity contribution < 1.29 is 14.5 Å². The van der Waals surface area contributed by atoms with Crippen LogP contribution in [0.2, 0.25) is 0 Å². The zero-order valence-electron chi connectivity index (χ0n) is 11.5. The Morgan fingerprint density at radius 3 is 2.80 bits per heavy atom. The van der Waals surface area contributed by atoms with Crippen LogP contribution in [0.4, 0.5) is 5.69 Å². The molecule has 0 bridgehead atoms. The molecule has 1 rings (SSSR count). The van der Waals surface area contributed by atoms with Crippen LogP contribution in [0, 0.1) is 10.1 Å². The quantitative estimate of drug-likeness (QED) is 0.343. The summed E-state index contributed by atoms with van der Waals surface area (Å²) in [7, 11) is 1.69. The minimum Gasteiger partial charge on any atom is -0.465 e. The number of nitrogens with one attached hydrogen (secondary N) is 1. The summed E-state index contributed by atoms with van der Waals surface area (Å²) in [4.78, 5) is 22.7. The lowest BCUT2D eigenvalue weighted by atomic mass is 10.2. The van der Waals surface area contributed by atoms with Crippen molar-refractivity contribution in [3.63, 3.8) is 0 Å². The first kappa shape index (κ1) is 16.5. The molecule has 0 amide bonds. The molecule has 0 saturated heterocycles. The van der Waals surface area contributed by atoms with Gasteiger partial charge in [0.15, 0.2) is 0 Å². The number of para-hydroxylation sites is 1. The third-order valence-corrected chi connectivity index (χ3v) is 3.74. The molecule has 1 atom stereocenters. The number of nitro groups is 1. The van der Waals surface area contributed by atoms with E-state index in [1.807, 2.05) is 0 Å². The average molecular weight is 298 g/mol. The molecule has 0 aliphatic carbocycles. The van der Waals surface area contributed by atoms with Crippen LogP contribution in [0.5, 0.6) is 0 Å². The zero-order chi connectivity index (χ0) is 15.0. The second-order valence-electron chi connectivity index (χ2n) is 3.96. The predicted octanol–water partition coefficient (Wildman–Crippen LogP) is 2.23. The summed E-state index contributed by atoms with van der Waals surface area (Å²) < 4.78 is 4.94. The van der Waals surface area contributed by atoms with Crippen LogP contribution in [0.3, 0.4) is 0 Å². The van der Waals surface area contributed by atoms with Gasteiger partial charge in [-0.2, -0.15) is 0 Å². The SMILES string of the molecule is CCOC(=O)C(CCSc1ccccc1[N+](=O)[O-])NC. The van der Waals surface area contributed by atoms with Crippen molar-refractivity contribution in [1.29, 1.82) is 0 Å². The summed E-state index contributed by atoms with van der Waals surface area (Å²) in [6, 6.07) is 6.20. The Bertz CT molecular complexity index is 467. The first-order valence-electron chi connectivity index (χ1n) is 6.30. The minimum absolute atomic E-state index is 0.0923. The summed E-state index contributed by atoms with van der Waals surface area (Å²) in [5.74, 6) is 0.299. The number of benzene rings is 1. The summed E-state index contributed by atoms with van der Waals surface area (Å²) >= 11 is 1.37. The fraction of sp³-hybridized carbons (Fsp3) is 0.462. The molecule has 0 saturated carbocycles. The molecule has 0 aliphatic rings. The average Bonchev–Trinajstić information content (AvgIpc) is 2.44. The minimum atomic E-state index is -0.400. The van der Waals surface area contributed by atoms with Crippen LogP contribution in [-0.4, -0.2) is 36.3 Å². The van der Waals surface area contributed by atoms with Crippen LogP contribution >= 0.6 is 11.8 Å². The molecule has 6 nitrogen and oxygen atoms in total. The van der Waals surface area contributed by atoms with Crippen molar-refractivity contribution in [2.45, 2.75) is 24.3 Å². The number of rotatable bonds is 8. The zero-order valence-corrected chi connectivity index (χ0v) is 12.3. The van der Waals surface area contributed by atoms with Gasteiger partial charge >= 0.3 is 5.97 Å². The molecule has 0 heterocycles. The Morgan fingerprint density at radius 2 is 2.20 bits per heavy atom. The Balaban J connectivity index is 2.55. The molecule has 0 aliphatic heterocycles. The number of nitrogens with zero attached hydrogens (tertiary/aromatic N) is 1. The van der Waals surface area contributed by atoms with Gasteiger partial charge in [-0.15, -0.1) is 11.8 Å². The highest BCUT2D eigenvalue weighted by atomic mass is 32.2. The number of nitro benzene ring substituents is 1. The molecular weight excluding hydrogens is 280 g/mol. The summed E-state index contributed by atoms with van der Waals surface area (Å²) in [5.41, 5.74) is 0.0923. The van der Waals surface area contributed by atoms with E-state index in [1.54, 1.807) is 32.2 Å².